The molecule has 2 N–H and O–H groups in total. The number of hydrazone groups is 1. The van der Waals surface area contributed by atoms with Gasteiger partial charge >= 0.3 is 0 Å². The van der Waals surface area contributed by atoms with Gasteiger partial charge in [-0.05, 0) is 56.4 Å². The summed E-state index contributed by atoms with van der Waals surface area (Å²) in [4.78, 5) is 14.2. The number of piperidine rings is 1. The monoisotopic (exact) mass is 399 g/mol. The lowest BCUT2D eigenvalue weighted by molar-refractivity contribution is -0.121. The number of furan rings is 1. The van der Waals surface area contributed by atoms with Crippen LogP contribution in [0.1, 0.15) is 56.5 Å². The predicted octanol–water partition coefficient (Wildman–Crippen LogP) is 3.63. The first kappa shape index (κ1) is 20.9. The average Bonchev–Trinajstić information content (AvgIpc) is 3.22. The number of hydrogen-bond donors (Lipinski definition) is 2. The molecular weight excluding hydrogens is 370 g/mol. The van der Waals surface area contributed by atoms with Gasteiger partial charge in [-0.15, -0.1) is 0 Å². The molecule has 0 unspecified atom stereocenters. The summed E-state index contributed by atoms with van der Waals surface area (Å²) in [7, 11) is 0. The van der Waals surface area contributed by atoms with Gasteiger partial charge in [0.15, 0.2) is 5.88 Å². The quantitative estimate of drug-likeness (QED) is 0.497. The van der Waals surface area contributed by atoms with E-state index in [-0.39, 0.29) is 12.3 Å². The number of carbonyl (C=O) groups is 1. The molecule has 2 heterocycles. The summed E-state index contributed by atoms with van der Waals surface area (Å²) in [6.45, 7) is 4.54. The van der Waals surface area contributed by atoms with Crippen molar-refractivity contribution in [3.05, 3.63) is 47.7 Å². The Kier molecular flexibility index (Phi) is 7.69. The number of ether oxygens (including phenoxy) is 1. The fourth-order valence-electron chi connectivity index (χ4n) is 3.31. The summed E-state index contributed by atoms with van der Waals surface area (Å²) in [5, 5.41) is 14.2. The van der Waals surface area contributed by atoms with Gasteiger partial charge in [-0.1, -0.05) is 12.1 Å². The summed E-state index contributed by atoms with van der Waals surface area (Å²) in [5.74, 6) is 1.95. The zero-order valence-corrected chi connectivity index (χ0v) is 16.8. The predicted molar refractivity (Wildman–Crippen MR) is 112 cm³/mol. The van der Waals surface area contributed by atoms with E-state index in [1.54, 1.807) is 0 Å². The van der Waals surface area contributed by atoms with Gasteiger partial charge in [-0.2, -0.15) is 5.10 Å². The molecule has 29 heavy (non-hydrogen) atoms. The Hall–Kier alpha value is -2.80. The summed E-state index contributed by atoms with van der Waals surface area (Å²) in [5.41, 5.74) is 3.23. The molecule has 1 aliphatic heterocycles. The number of benzene rings is 1. The van der Waals surface area contributed by atoms with Crippen molar-refractivity contribution in [2.75, 3.05) is 24.6 Å². The second kappa shape index (κ2) is 10.7. The Morgan fingerprint density at radius 2 is 2.00 bits per heavy atom. The summed E-state index contributed by atoms with van der Waals surface area (Å²) >= 11 is 0. The lowest BCUT2D eigenvalue weighted by atomic mass is 10.0. The Morgan fingerprint density at radius 1 is 1.24 bits per heavy atom. The topological polar surface area (TPSA) is 87.3 Å². The number of carbonyl (C=O) groups excluding carboxylic acids is 1. The molecule has 0 bridgehead atoms. The number of aliphatic hydroxyl groups is 1. The van der Waals surface area contributed by atoms with Crippen molar-refractivity contribution in [2.45, 2.75) is 45.1 Å². The molecule has 0 aliphatic carbocycles. The molecule has 7 heteroatoms. The molecular formula is C22H29N3O4. The molecule has 1 atom stereocenters. The number of amides is 1. The minimum absolute atomic E-state index is 0.170. The van der Waals surface area contributed by atoms with Crippen molar-refractivity contribution < 1.29 is 19.1 Å². The second-order valence-corrected chi connectivity index (χ2v) is 7.07. The van der Waals surface area contributed by atoms with E-state index < -0.39 is 6.10 Å². The number of rotatable bonds is 9. The number of hydrogen-bond acceptors (Lipinski definition) is 6. The van der Waals surface area contributed by atoms with Gasteiger partial charge in [0.1, 0.15) is 11.5 Å². The van der Waals surface area contributed by atoms with Gasteiger partial charge in [0.05, 0.1) is 18.9 Å². The van der Waals surface area contributed by atoms with E-state index in [0.29, 0.717) is 18.8 Å². The van der Waals surface area contributed by atoms with E-state index >= 15 is 0 Å². The van der Waals surface area contributed by atoms with Crippen LogP contribution in [0.4, 0.5) is 5.88 Å². The third-order valence-corrected chi connectivity index (χ3v) is 4.88. The molecule has 1 amide bonds. The highest BCUT2D eigenvalue weighted by Crippen LogP contribution is 2.22. The van der Waals surface area contributed by atoms with Crippen molar-refractivity contribution in [1.82, 2.24) is 5.43 Å². The first-order chi connectivity index (χ1) is 14.2. The Balaban J connectivity index is 1.40. The number of nitrogens with one attached hydrogen (secondary N) is 1. The molecule has 1 aromatic heterocycles. The molecule has 0 saturated carbocycles. The summed E-state index contributed by atoms with van der Waals surface area (Å²) < 4.78 is 11.1. The van der Waals surface area contributed by atoms with Crippen LogP contribution in [0.3, 0.4) is 0 Å². The van der Waals surface area contributed by atoms with Crippen LogP contribution >= 0.6 is 0 Å². The van der Waals surface area contributed by atoms with E-state index in [9.17, 15) is 9.90 Å². The van der Waals surface area contributed by atoms with E-state index in [1.165, 1.54) is 25.5 Å². The number of aliphatic hydroxyl groups excluding tert-OH is 1. The second-order valence-electron chi connectivity index (χ2n) is 7.07. The Labute approximate surface area is 171 Å². The van der Waals surface area contributed by atoms with Crippen LogP contribution in [-0.4, -0.2) is 36.9 Å². The van der Waals surface area contributed by atoms with Crippen molar-refractivity contribution in [2.24, 2.45) is 5.10 Å². The molecule has 1 fully saturated rings. The fraction of sp³-hybridized carbons (Fsp3) is 0.455. The van der Waals surface area contributed by atoms with Gasteiger partial charge in [0.2, 0.25) is 5.91 Å². The maximum absolute atomic E-state index is 12.0. The maximum atomic E-state index is 12.0. The number of anilines is 1. The number of nitrogens with zero attached hydrogens (tertiary/aromatic N) is 2. The molecule has 7 nitrogen and oxygen atoms in total. The zero-order chi connectivity index (χ0) is 20.5. The van der Waals surface area contributed by atoms with Crippen molar-refractivity contribution in [3.8, 4) is 5.75 Å². The van der Waals surface area contributed by atoms with Gasteiger partial charge in [-0.25, -0.2) is 5.43 Å². The first-order valence-corrected chi connectivity index (χ1v) is 10.2. The third-order valence-electron chi connectivity index (χ3n) is 4.88. The molecule has 3 rings (SSSR count). The molecule has 0 spiro atoms. The van der Waals surface area contributed by atoms with Crippen LogP contribution < -0.4 is 15.1 Å². The highest BCUT2D eigenvalue weighted by atomic mass is 16.5. The van der Waals surface area contributed by atoms with E-state index in [2.05, 4.69) is 15.4 Å². The van der Waals surface area contributed by atoms with Crippen LogP contribution in [0.25, 0.3) is 0 Å². The fourth-order valence-corrected chi connectivity index (χ4v) is 3.31. The SMILES string of the molecule is CCOc1ccc([C@@H](O)CCC(=O)N/N=C\c2ccc(N3CCCCC3)o2)cc1. The smallest absolute Gasteiger partial charge is 0.240 e. The Morgan fingerprint density at radius 3 is 2.72 bits per heavy atom. The molecule has 0 radical (unpaired) electrons. The third kappa shape index (κ3) is 6.35. The molecule has 156 valence electrons. The van der Waals surface area contributed by atoms with E-state index in [0.717, 1.165) is 30.3 Å². The van der Waals surface area contributed by atoms with Crippen LogP contribution in [-0.2, 0) is 4.79 Å². The Bertz CT molecular complexity index is 795. The summed E-state index contributed by atoms with van der Waals surface area (Å²) in [6, 6.07) is 11.0. The zero-order valence-electron chi connectivity index (χ0n) is 16.8. The lowest BCUT2D eigenvalue weighted by Crippen LogP contribution is -2.28. The highest BCUT2D eigenvalue weighted by molar-refractivity contribution is 5.80. The van der Waals surface area contributed by atoms with Crippen LogP contribution in [0.2, 0.25) is 0 Å². The minimum atomic E-state index is -0.711. The van der Waals surface area contributed by atoms with Gasteiger partial charge in [0, 0.05) is 25.6 Å². The van der Waals surface area contributed by atoms with E-state index in [4.69, 9.17) is 9.15 Å². The minimum Gasteiger partial charge on any atom is -0.494 e. The van der Waals surface area contributed by atoms with E-state index in [1.807, 2.05) is 43.3 Å². The van der Waals surface area contributed by atoms with Gasteiger partial charge in [0.25, 0.3) is 0 Å². The van der Waals surface area contributed by atoms with Crippen molar-refractivity contribution in [3.63, 3.8) is 0 Å². The highest BCUT2D eigenvalue weighted by Gasteiger charge is 2.14. The van der Waals surface area contributed by atoms with Gasteiger partial charge in [-0.3, -0.25) is 4.79 Å². The molecule has 1 saturated heterocycles. The normalized spacial score (nSPS) is 15.4. The molecule has 1 aromatic carbocycles. The summed E-state index contributed by atoms with van der Waals surface area (Å²) in [6.07, 6.45) is 4.90. The standard InChI is InChI=1S/C22H29N3O4/c1-2-28-18-8-6-17(7-9-18)20(26)11-12-21(27)24-23-16-19-10-13-22(29-19)25-14-4-3-5-15-25/h6-10,13,16,20,26H,2-5,11-12,14-15H2,1H3,(H,24,27)/b23-16-/t20-/m0/s1. The largest absolute Gasteiger partial charge is 0.494 e. The first-order valence-electron chi connectivity index (χ1n) is 10.2. The van der Waals surface area contributed by atoms with Crippen molar-refractivity contribution >= 4 is 18.0 Å². The van der Waals surface area contributed by atoms with Crippen LogP contribution in [0, 0.1) is 0 Å². The van der Waals surface area contributed by atoms with Crippen LogP contribution in [0.15, 0.2) is 45.9 Å². The van der Waals surface area contributed by atoms with Crippen molar-refractivity contribution in [1.29, 1.82) is 0 Å². The lowest BCUT2D eigenvalue weighted by Gasteiger charge is -2.25. The maximum Gasteiger partial charge on any atom is 0.240 e. The van der Waals surface area contributed by atoms with Gasteiger partial charge < -0.3 is 19.2 Å². The van der Waals surface area contributed by atoms with Crippen LogP contribution in [0.5, 0.6) is 5.75 Å². The average molecular weight is 399 g/mol. The molecule has 1 aliphatic rings. The molecule has 2 aromatic rings.